The Hall–Kier alpha value is -3.41. The molecule has 0 unspecified atom stereocenters. The number of aromatic nitrogens is 1. The average molecular weight is 507 g/mol. The molecule has 7 heteroatoms. The third kappa shape index (κ3) is 5.47. The number of amides is 1. The summed E-state index contributed by atoms with van der Waals surface area (Å²) in [6.45, 7) is 4.28. The number of benzene rings is 3. The van der Waals surface area contributed by atoms with E-state index in [9.17, 15) is 9.59 Å². The van der Waals surface area contributed by atoms with E-state index in [2.05, 4.69) is 5.32 Å². The standard InChI is InChI=1S/C28H24Cl2N2O3/c1-3-4-15-35-28(34)18-9-12-20(13-10-18)31-27(33)25-17(2)26(21-14-11-19(29)16-23(21)30)32-24-8-6-5-7-22(24)25/h5-14,16H,3-4,15H2,1-2H3,(H,31,33). The van der Waals surface area contributed by atoms with Crippen molar-refractivity contribution in [2.24, 2.45) is 0 Å². The summed E-state index contributed by atoms with van der Waals surface area (Å²) < 4.78 is 5.24. The first-order chi connectivity index (χ1) is 16.9. The second-order valence-corrected chi connectivity index (χ2v) is 8.97. The molecule has 1 N–H and O–H groups in total. The number of nitrogens with one attached hydrogen (secondary N) is 1. The lowest BCUT2D eigenvalue weighted by Gasteiger charge is -2.16. The summed E-state index contributed by atoms with van der Waals surface area (Å²) in [6.07, 6.45) is 1.77. The van der Waals surface area contributed by atoms with Gasteiger partial charge in [-0.2, -0.15) is 0 Å². The van der Waals surface area contributed by atoms with Crippen LogP contribution in [0, 0.1) is 6.92 Å². The first-order valence-corrected chi connectivity index (χ1v) is 12.1. The van der Waals surface area contributed by atoms with Crippen molar-refractivity contribution in [1.82, 2.24) is 4.98 Å². The molecule has 0 radical (unpaired) electrons. The lowest BCUT2D eigenvalue weighted by atomic mass is 9.97. The number of hydrogen-bond acceptors (Lipinski definition) is 4. The molecule has 1 heterocycles. The molecule has 0 saturated carbocycles. The van der Waals surface area contributed by atoms with Crippen LogP contribution < -0.4 is 5.32 Å². The van der Waals surface area contributed by atoms with Gasteiger partial charge in [0.2, 0.25) is 0 Å². The summed E-state index contributed by atoms with van der Waals surface area (Å²) in [5, 5.41) is 4.64. The van der Waals surface area contributed by atoms with Crippen LogP contribution in [-0.4, -0.2) is 23.5 Å². The lowest BCUT2D eigenvalue weighted by molar-refractivity contribution is 0.0499. The third-order valence-corrected chi connectivity index (χ3v) is 6.21. The van der Waals surface area contributed by atoms with Crippen molar-refractivity contribution in [3.63, 3.8) is 0 Å². The van der Waals surface area contributed by atoms with Crippen molar-refractivity contribution in [3.05, 3.63) is 93.5 Å². The number of esters is 1. The topological polar surface area (TPSA) is 68.3 Å². The molecular formula is C28H24Cl2N2O3. The molecule has 0 fully saturated rings. The zero-order valence-electron chi connectivity index (χ0n) is 19.4. The molecule has 0 saturated heterocycles. The molecule has 5 nitrogen and oxygen atoms in total. The molecule has 1 aromatic heterocycles. The van der Waals surface area contributed by atoms with E-state index in [1.54, 1.807) is 42.5 Å². The molecular weight excluding hydrogens is 483 g/mol. The Balaban J connectivity index is 1.67. The highest BCUT2D eigenvalue weighted by molar-refractivity contribution is 6.36. The largest absolute Gasteiger partial charge is 0.462 e. The van der Waals surface area contributed by atoms with E-state index in [1.807, 2.05) is 38.1 Å². The number of carbonyl (C=O) groups is 2. The first kappa shape index (κ1) is 24.7. The van der Waals surface area contributed by atoms with Crippen LogP contribution >= 0.6 is 23.2 Å². The molecule has 4 aromatic rings. The van der Waals surface area contributed by atoms with Crippen molar-refractivity contribution in [1.29, 1.82) is 0 Å². The molecule has 4 rings (SSSR count). The van der Waals surface area contributed by atoms with E-state index in [1.165, 1.54) is 0 Å². The predicted octanol–water partition coefficient (Wildman–Crippen LogP) is 7.73. The Kier molecular flexibility index (Phi) is 7.69. The van der Waals surface area contributed by atoms with E-state index in [0.717, 1.165) is 18.2 Å². The number of halogens is 2. The highest BCUT2D eigenvalue weighted by atomic mass is 35.5. The zero-order valence-corrected chi connectivity index (χ0v) is 20.9. The Bertz CT molecular complexity index is 1400. The Labute approximate surface area is 214 Å². The highest BCUT2D eigenvalue weighted by Gasteiger charge is 2.20. The molecule has 0 atom stereocenters. The Morgan fingerprint density at radius 1 is 1.00 bits per heavy atom. The van der Waals surface area contributed by atoms with Crippen LogP contribution in [0.1, 0.15) is 46.0 Å². The van der Waals surface area contributed by atoms with Crippen LogP contribution in [0.15, 0.2) is 66.7 Å². The van der Waals surface area contributed by atoms with Gasteiger partial charge in [-0.05, 0) is 67.4 Å². The van der Waals surface area contributed by atoms with Gasteiger partial charge in [0, 0.05) is 21.7 Å². The van der Waals surface area contributed by atoms with Gasteiger partial charge in [-0.3, -0.25) is 4.79 Å². The number of nitrogens with zero attached hydrogens (tertiary/aromatic N) is 1. The van der Waals surface area contributed by atoms with Gasteiger partial charge < -0.3 is 10.1 Å². The van der Waals surface area contributed by atoms with Gasteiger partial charge in [0.05, 0.1) is 34.0 Å². The Morgan fingerprint density at radius 3 is 2.46 bits per heavy atom. The second-order valence-electron chi connectivity index (χ2n) is 8.12. The molecule has 0 aliphatic heterocycles. The second kappa shape index (κ2) is 10.9. The SMILES string of the molecule is CCCCOC(=O)c1ccc(NC(=O)c2c(C)c(-c3ccc(Cl)cc3Cl)nc3ccccc23)cc1. The summed E-state index contributed by atoms with van der Waals surface area (Å²) in [4.78, 5) is 30.4. The quantitative estimate of drug-likeness (QED) is 0.205. The maximum Gasteiger partial charge on any atom is 0.338 e. The summed E-state index contributed by atoms with van der Waals surface area (Å²) in [7, 11) is 0. The van der Waals surface area contributed by atoms with Gasteiger partial charge in [-0.25, -0.2) is 9.78 Å². The van der Waals surface area contributed by atoms with Crippen molar-refractivity contribution in [2.75, 3.05) is 11.9 Å². The van der Waals surface area contributed by atoms with E-state index in [-0.39, 0.29) is 11.9 Å². The van der Waals surface area contributed by atoms with Crippen molar-refractivity contribution in [3.8, 4) is 11.3 Å². The Morgan fingerprint density at radius 2 is 1.74 bits per heavy atom. The van der Waals surface area contributed by atoms with Gasteiger partial charge >= 0.3 is 5.97 Å². The molecule has 0 aliphatic carbocycles. The fourth-order valence-electron chi connectivity index (χ4n) is 3.82. The number of pyridine rings is 1. The van der Waals surface area contributed by atoms with Crippen LogP contribution in [0.2, 0.25) is 10.0 Å². The lowest BCUT2D eigenvalue weighted by Crippen LogP contribution is -2.15. The molecule has 35 heavy (non-hydrogen) atoms. The number of carbonyl (C=O) groups excluding carboxylic acids is 2. The van der Waals surface area contributed by atoms with E-state index in [0.29, 0.717) is 55.8 Å². The van der Waals surface area contributed by atoms with Gasteiger partial charge in [-0.1, -0.05) is 54.7 Å². The summed E-state index contributed by atoms with van der Waals surface area (Å²) >= 11 is 12.5. The minimum atomic E-state index is -0.378. The van der Waals surface area contributed by atoms with Gasteiger partial charge in [-0.15, -0.1) is 0 Å². The summed E-state index contributed by atoms with van der Waals surface area (Å²) in [5.41, 5.74) is 4.17. The van der Waals surface area contributed by atoms with E-state index < -0.39 is 0 Å². The number of para-hydroxylation sites is 1. The van der Waals surface area contributed by atoms with Crippen LogP contribution in [0.5, 0.6) is 0 Å². The van der Waals surface area contributed by atoms with Crippen LogP contribution in [-0.2, 0) is 4.74 Å². The maximum absolute atomic E-state index is 13.5. The van der Waals surface area contributed by atoms with Crippen LogP contribution in [0.3, 0.4) is 0 Å². The monoisotopic (exact) mass is 506 g/mol. The minimum Gasteiger partial charge on any atom is -0.462 e. The van der Waals surface area contributed by atoms with E-state index >= 15 is 0 Å². The fraction of sp³-hybridized carbons (Fsp3) is 0.179. The number of unbranched alkanes of at least 4 members (excludes halogenated alkanes) is 1. The average Bonchev–Trinajstić information content (AvgIpc) is 2.84. The smallest absolute Gasteiger partial charge is 0.338 e. The molecule has 0 aliphatic rings. The first-order valence-electron chi connectivity index (χ1n) is 11.3. The number of hydrogen-bond donors (Lipinski definition) is 1. The molecule has 1 amide bonds. The maximum atomic E-state index is 13.5. The van der Waals surface area contributed by atoms with Gasteiger partial charge in [0.25, 0.3) is 5.91 Å². The van der Waals surface area contributed by atoms with Gasteiger partial charge in [0.1, 0.15) is 0 Å². The number of fused-ring (bicyclic) bond motifs is 1. The van der Waals surface area contributed by atoms with E-state index in [4.69, 9.17) is 32.9 Å². The van der Waals surface area contributed by atoms with Crippen molar-refractivity contribution in [2.45, 2.75) is 26.7 Å². The summed E-state index contributed by atoms with van der Waals surface area (Å²) in [6, 6.07) is 19.3. The minimum absolute atomic E-state index is 0.286. The normalized spacial score (nSPS) is 10.9. The summed E-state index contributed by atoms with van der Waals surface area (Å²) in [5.74, 6) is -0.664. The molecule has 0 bridgehead atoms. The number of anilines is 1. The molecule has 0 spiro atoms. The highest BCUT2D eigenvalue weighted by Crippen LogP contribution is 2.35. The fourth-order valence-corrected chi connectivity index (χ4v) is 4.32. The number of ether oxygens (including phenoxy) is 1. The number of rotatable bonds is 7. The zero-order chi connectivity index (χ0) is 24.9. The van der Waals surface area contributed by atoms with Crippen LogP contribution in [0.25, 0.3) is 22.2 Å². The molecule has 3 aromatic carbocycles. The molecule has 178 valence electrons. The van der Waals surface area contributed by atoms with Crippen LogP contribution in [0.4, 0.5) is 5.69 Å². The van der Waals surface area contributed by atoms with Gasteiger partial charge in [0.15, 0.2) is 0 Å². The van der Waals surface area contributed by atoms with Crippen molar-refractivity contribution >= 4 is 51.7 Å². The predicted molar refractivity (Wildman–Crippen MR) is 142 cm³/mol. The third-order valence-electron chi connectivity index (χ3n) is 5.66. The van der Waals surface area contributed by atoms with Crippen molar-refractivity contribution < 1.29 is 14.3 Å².